The van der Waals surface area contributed by atoms with Crippen molar-refractivity contribution in [2.45, 2.75) is 6.92 Å². The van der Waals surface area contributed by atoms with Crippen LogP contribution in [0, 0.1) is 6.92 Å². The summed E-state index contributed by atoms with van der Waals surface area (Å²) in [6.45, 7) is 9.60. The molecule has 0 radical (unpaired) electrons. The summed E-state index contributed by atoms with van der Waals surface area (Å²) in [5.74, 6) is 1.27. The van der Waals surface area contributed by atoms with Crippen LogP contribution in [0.1, 0.15) is 16.2 Å². The number of Topliss-reactive ketones (excluding diaryl/α,β-unsaturated/α-hetero) is 1. The van der Waals surface area contributed by atoms with Crippen molar-refractivity contribution in [1.29, 1.82) is 0 Å². The molecule has 0 fully saturated rings. The lowest BCUT2D eigenvalue weighted by Gasteiger charge is -2.23. The van der Waals surface area contributed by atoms with E-state index in [4.69, 9.17) is 0 Å². The van der Waals surface area contributed by atoms with Crippen molar-refractivity contribution in [3.05, 3.63) is 78.9 Å². The number of aromatic nitrogens is 2. The molecule has 0 saturated heterocycles. The molecular weight excluding hydrogens is 262 g/mol. The molecule has 1 heterocycles. The molecule has 0 amide bonds. The minimum absolute atomic E-state index is 0.00475. The lowest BCUT2D eigenvalue weighted by Crippen LogP contribution is -2.29. The van der Waals surface area contributed by atoms with Crippen molar-refractivity contribution in [3.63, 3.8) is 0 Å². The highest BCUT2D eigenvalue weighted by Crippen LogP contribution is 2.17. The molecule has 0 spiro atoms. The van der Waals surface area contributed by atoms with Gasteiger partial charge in [0.2, 0.25) is 0 Å². The second-order valence-corrected chi connectivity index (χ2v) is 4.53. The predicted molar refractivity (Wildman–Crippen MR) is 84.2 cm³/mol. The fraction of sp³-hybridized carbons (Fsp3) is 0.118. The van der Waals surface area contributed by atoms with Gasteiger partial charge in [0.05, 0.1) is 6.54 Å². The number of nitrogens with zero attached hydrogens (tertiary/aromatic N) is 3. The lowest BCUT2D eigenvalue weighted by molar-refractivity contribution is 0.100. The Balaban J connectivity index is 2.28. The molecule has 0 aliphatic carbocycles. The molecule has 0 N–H and O–H groups in total. The van der Waals surface area contributed by atoms with Gasteiger partial charge in [0.25, 0.3) is 0 Å². The third-order valence-corrected chi connectivity index (χ3v) is 3.02. The summed E-state index contributed by atoms with van der Waals surface area (Å²) in [7, 11) is 0. The average Bonchev–Trinajstić information content (AvgIpc) is 2.52. The van der Waals surface area contributed by atoms with Crippen LogP contribution in [0.3, 0.4) is 0 Å². The number of hydrogen-bond acceptors (Lipinski definition) is 4. The van der Waals surface area contributed by atoms with Crippen LogP contribution < -0.4 is 4.90 Å². The van der Waals surface area contributed by atoms with Gasteiger partial charge in [-0.25, -0.2) is 9.97 Å². The van der Waals surface area contributed by atoms with Gasteiger partial charge in [0.15, 0.2) is 5.78 Å². The van der Waals surface area contributed by atoms with Crippen LogP contribution in [0.5, 0.6) is 0 Å². The van der Waals surface area contributed by atoms with Crippen LogP contribution in [0.4, 0.5) is 5.82 Å². The van der Waals surface area contributed by atoms with Crippen LogP contribution in [0.25, 0.3) is 0 Å². The number of ketones is 1. The number of rotatable bonds is 6. The van der Waals surface area contributed by atoms with Crippen LogP contribution in [0.15, 0.2) is 67.5 Å². The van der Waals surface area contributed by atoms with E-state index in [-0.39, 0.29) is 12.3 Å². The van der Waals surface area contributed by atoms with E-state index in [1.165, 1.54) is 0 Å². The molecule has 0 aliphatic heterocycles. The highest BCUT2D eigenvalue weighted by Gasteiger charge is 2.15. The van der Waals surface area contributed by atoms with Gasteiger partial charge in [-0.2, -0.15) is 0 Å². The molecule has 1 aromatic heterocycles. The Morgan fingerprint density at radius 1 is 1.29 bits per heavy atom. The van der Waals surface area contributed by atoms with E-state index in [9.17, 15) is 4.79 Å². The second kappa shape index (κ2) is 6.61. The Labute approximate surface area is 124 Å². The predicted octanol–water partition coefficient (Wildman–Crippen LogP) is 3.17. The first-order valence-corrected chi connectivity index (χ1v) is 6.58. The zero-order chi connectivity index (χ0) is 15.2. The second-order valence-electron chi connectivity index (χ2n) is 4.53. The monoisotopic (exact) mass is 279 g/mol. The van der Waals surface area contributed by atoms with E-state index in [1.54, 1.807) is 42.3 Å². The first kappa shape index (κ1) is 14.7. The van der Waals surface area contributed by atoms with E-state index in [1.807, 2.05) is 18.2 Å². The van der Waals surface area contributed by atoms with Gasteiger partial charge in [0, 0.05) is 17.5 Å². The number of anilines is 1. The Morgan fingerprint density at radius 3 is 2.62 bits per heavy atom. The summed E-state index contributed by atoms with van der Waals surface area (Å²) in [5, 5.41) is 0. The molecule has 4 nitrogen and oxygen atoms in total. The summed E-state index contributed by atoms with van der Waals surface area (Å²) < 4.78 is 0. The smallest absolute Gasteiger partial charge is 0.182 e. The molecule has 21 heavy (non-hydrogen) atoms. The molecule has 0 aliphatic rings. The first-order chi connectivity index (χ1) is 10.1. The van der Waals surface area contributed by atoms with Crippen molar-refractivity contribution in [1.82, 2.24) is 9.97 Å². The number of hydrogen-bond donors (Lipinski definition) is 0. The molecule has 2 aromatic rings. The molecule has 2 rings (SSSR count). The van der Waals surface area contributed by atoms with Gasteiger partial charge >= 0.3 is 0 Å². The maximum absolute atomic E-state index is 12.4. The van der Waals surface area contributed by atoms with Crippen molar-refractivity contribution in [3.8, 4) is 0 Å². The average molecular weight is 279 g/mol. The normalized spacial score (nSPS) is 9.95. The van der Waals surface area contributed by atoms with Crippen LogP contribution in [-0.4, -0.2) is 22.3 Å². The molecule has 0 bridgehead atoms. The third kappa shape index (κ3) is 3.63. The molecule has 0 saturated carbocycles. The molecular formula is C17H17N3O. The fourth-order valence-corrected chi connectivity index (χ4v) is 1.89. The van der Waals surface area contributed by atoms with Crippen LogP contribution in [0.2, 0.25) is 0 Å². The van der Waals surface area contributed by atoms with Crippen molar-refractivity contribution in [2.24, 2.45) is 0 Å². The standard InChI is InChI=1S/C17H17N3O/c1-4-13(2)20(17-10-11-18-14(3)19-17)12-16(21)15-8-6-5-7-9-15/h4-11H,1-2,12H2,3H3. The maximum atomic E-state index is 12.4. The number of benzene rings is 1. The minimum atomic E-state index is -0.00475. The Bertz CT molecular complexity index is 665. The Kier molecular flexibility index (Phi) is 4.61. The Morgan fingerprint density at radius 2 is 2.00 bits per heavy atom. The number of carbonyl (C=O) groups excluding carboxylic acids is 1. The van der Waals surface area contributed by atoms with E-state index in [0.29, 0.717) is 22.9 Å². The molecule has 106 valence electrons. The van der Waals surface area contributed by atoms with Gasteiger partial charge in [-0.05, 0) is 19.1 Å². The summed E-state index contributed by atoms with van der Waals surface area (Å²) in [4.78, 5) is 22.5. The SMILES string of the molecule is C=CC(=C)N(CC(=O)c1ccccc1)c1ccnc(C)n1. The summed E-state index contributed by atoms with van der Waals surface area (Å²) in [6, 6.07) is 10.9. The molecule has 4 heteroatoms. The minimum Gasteiger partial charge on any atom is -0.319 e. The van der Waals surface area contributed by atoms with Crippen molar-refractivity contribution >= 4 is 11.6 Å². The zero-order valence-corrected chi connectivity index (χ0v) is 12.0. The summed E-state index contributed by atoms with van der Waals surface area (Å²) >= 11 is 0. The summed E-state index contributed by atoms with van der Waals surface area (Å²) in [5.41, 5.74) is 1.28. The molecule has 0 unspecified atom stereocenters. The van der Waals surface area contributed by atoms with Crippen molar-refractivity contribution in [2.75, 3.05) is 11.4 Å². The van der Waals surface area contributed by atoms with Crippen molar-refractivity contribution < 1.29 is 4.79 Å². The molecule has 1 aromatic carbocycles. The van der Waals surface area contributed by atoms with E-state index < -0.39 is 0 Å². The highest BCUT2D eigenvalue weighted by atomic mass is 16.1. The quantitative estimate of drug-likeness (QED) is 0.602. The van der Waals surface area contributed by atoms with E-state index in [0.717, 1.165) is 0 Å². The molecule has 0 atom stereocenters. The van der Waals surface area contributed by atoms with E-state index in [2.05, 4.69) is 23.1 Å². The summed E-state index contributed by atoms with van der Waals surface area (Å²) in [6.07, 6.45) is 3.27. The fourth-order valence-electron chi connectivity index (χ4n) is 1.89. The third-order valence-electron chi connectivity index (χ3n) is 3.02. The number of carbonyl (C=O) groups is 1. The van der Waals surface area contributed by atoms with Gasteiger partial charge in [-0.3, -0.25) is 4.79 Å². The zero-order valence-electron chi connectivity index (χ0n) is 12.0. The van der Waals surface area contributed by atoms with Gasteiger partial charge in [-0.1, -0.05) is 43.5 Å². The van der Waals surface area contributed by atoms with Gasteiger partial charge < -0.3 is 4.90 Å². The number of allylic oxidation sites excluding steroid dienone is 1. The number of aryl methyl sites for hydroxylation is 1. The first-order valence-electron chi connectivity index (χ1n) is 6.58. The van der Waals surface area contributed by atoms with Gasteiger partial charge in [0.1, 0.15) is 11.6 Å². The topological polar surface area (TPSA) is 46.1 Å². The Hall–Kier alpha value is -2.75. The highest BCUT2D eigenvalue weighted by molar-refractivity contribution is 5.99. The maximum Gasteiger partial charge on any atom is 0.182 e. The largest absolute Gasteiger partial charge is 0.319 e. The van der Waals surface area contributed by atoms with Crippen LogP contribution in [-0.2, 0) is 0 Å². The van der Waals surface area contributed by atoms with Crippen LogP contribution >= 0.6 is 0 Å². The lowest BCUT2D eigenvalue weighted by atomic mass is 10.1. The van der Waals surface area contributed by atoms with E-state index >= 15 is 0 Å². The van der Waals surface area contributed by atoms with Gasteiger partial charge in [-0.15, -0.1) is 0 Å².